The van der Waals surface area contributed by atoms with Crippen LogP contribution in [0.5, 0.6) is 5.75 Å². The van der Waals surface area contributed by atoms with E-state index in [4.69, 9.17) is 9.47 Å². The van der Waals surface area contributed by atoms with Gasteiger partial charge in [0.1, 0.15) is 17.9 Å². The molecule has 0 aliphatic heterocycles. The van der Waals surface area contributed by atoms with E-state index in [9.17, 15) is 18.0 Å². The zero-order valence-electron chi connectivity index (χ0n) is 18.4. The predicted octanol–water partition coefficient (Wildman–Crippen LogP) is 6.47. The summed E-state index contributed by atoms with van der Waals surface area (Å²) in [5, 5.41) is 3.79. The molecule has 0 saturated carbocycles. The van der Waals surface area contributed by atoms with E-state index < -0.39 is 23.4 Å². The maximum atomic E-state index is 13.9. The number of rotatable bonds is 7. The second-order valence-corrected chi connectivity index (χ2v) is 8.24. The monoisotopic (exact) mass is 545 g/mol. The van der Waals surface area contributed by atoms with Crippen molar-refractivity contribution in [2.75, 3.05) is 6.61 Å². The van der Waals surface area contributed by atoms with Gasteiger partial charge in [0.15, 0.2) is 11.5 Å². The van der Waals surface area contributed by atoms with Crippen LogP contribution in [0.1, 0.15) is 28.5 Å². The molecule has 0 unspecified atom stereocenters. The number of nitrogens with zero attached hydrogens (tertiary/aromatic N) is 3. The van der Waals surface area contributed by atoms with Crippen LogP contribution in [-0.4, -0.2) is 27.3 Å². The Morgan fingerprint density at radius 1 is 1.03 bits per heavy atom. The van der Waals surface area contributed by atoms with Crippen molar-refractivity contribution in [3.63, 3.8) is 0 Å². The van der Waals surface area contributed by atoms with Crippen LogP contribution >= 0.6 is 15.9 Å². The average Bonchev–Trinajstić information content (AvgIpc) is 3.31. The number of carbonyl (C=O) groups excluding carboxylic acids is 1. The van der Waals surface area contributed by atoms with Gasteiger partial charge in [0, 0.05) is 10.0 Å². The fourth-order valence-electron chi connectivity index (χ4n) is 3.39. The lowest BCUT2D eigenvalue weighted by atomic mass is 10.1. The van der Waals surface area contributed by atoms with Crippen molar-refractivity contribution >= 4 is 21.9 Å². The summed E-state index contributed by atoms with van der Waals surface area (Å²) in [6, 6.07) is 19.4. The van der Waals surface area contributed by atoms with Crippen LogP contribution in [0.4, 0.5) is 13.2 Å². The molecule has 0 aliphatic carbocycles. The van der Waals surface area contributed by atoms with Gasteiger partial charge in [0.2, 0.25) is 0 Å². The Morgan fingerprint density at radius 2 is 1.77 bits per heavy atom. The summed E-state index contributed by atoms with van der Waals surface area (Å²) in [5.41, 5.74) is 0.000679. The van der Waals surface area contributed by atoms with Gasteiger partial charge in [-0.3, -0.25) is 0 Å². The highest BCUT2D eigenvalue weighted by molar-refractivity contribution is 9.10. The number of hydrogen-bond donors (Lipinski definition) is 0. The van der Waals surface area contributed by atoms with Gasteiger partial charge in [-0.15, -0.1) is 0 Å². The number of carbonyl (C=O) groups is 1. The Bertz CT molecular complexity index is 1340. The molecule has 4 aromatic rings. The van der Waals surface area contributed by atoms with Crippen LogP contribution in [0.3, 0.4) is 0 Å². The average molecular weight is 546 g/mol. The van der Waals surface area contributed by atoms with Crippen molar-refractivity contribution in [3.05, 3.63) is 94.2 Å². The minimum atomic E-state index is -4.86. The number of para-hydroxylation sites is 1. The van der Waals surface area contributed by atoms with E-state index in [-0.39, 0.29) is 12.4 Å². The molecular weight excluding hydrogens is 527 g/mol. The molecule has 0 N–H and O–H groups in total. The lowest BCUT2D eigenvalue weighted by Gasteiger charge is -2.14. The zero-order chi connectivity index (χ0) is 25.0. The third kappa shape index (κ3) is 5.54. The van der Waals surface area contributed by atoms with Crippen molar-refractivity contribution in [1.82, 2.24) is 14.8 Å². The normalized spacial score (nSPS) is 11.3. The fourth-order valence-corrected chi connectivity index (χ4v) is 3.65. The minimum Gasteiger partial charge on any atom is -0.488 e. The largest absolute Gasteiger partial charge is 0.488 e. The molecular formula is C25H19BrF3N3O3. The number of pyridine rings is 1. The van der Waals surface area contributed by atoms with Crippen molar-refractivity contribution in [1.29, 1.82) is 0 Å². The molecule has 0 atom stereocenters. The van der Waals surface area contributed by atoms with Crippen molar-refractivity contribution < 1.29 is 27.4 Å². The van der Waals surface area contributed by atoms with E-state index in [1.54, 1.807) is 36.4 Å². The van der Waals surface area contributed by atoms with Crippen LogP contribution in [0.2, 0.25) is 0 Å². The summed E-state index contributed by atoms with van der Waals surface area (Å²) in [7, 11) is 0. The smallest absolute Gasteiger partial charge is 0.434 e. The summed E-state index contributed by atoms with van der Waals surface area (Å²) in [6.07, 6.45) is -4.02. The van der Waals surface area contributed by atoms with Crippen molar-refractivity contribution in [3.8, 4) is 22.8 Å². The van der Waals surface area contributed by atoms with Crippen molar-refractivity contribution in [2.45, 2.75) is 19.7 Å². The van der Waals surface area contributed by atoms with Gasteiger partial charge in [0.05, 0.1) is 18.5 Å². The topological polar surface area (TPSA) is 66.2 Å². The first-order valence-corrected chi connectivity index (χ1v) is 11.3. The SMILES string of the molecule is CCOC(=O)c1cnn(-c2cccc(-c3ccccc3OCc3ccc(Br)cc3)n2)c1C(F)(F)F. The van der Waals surface area contributed by atoms with Gasteiger partial charge in [-0.2, -0.15) is 18.3 Å². The van der Waals surface area contributed by atoms with Gasteiger partial charge in [-0.05, 0) is 48.9 Å². The third-order valence-electron chi connectivity index (χ3n) is 4.96. The summed E-state index contributed by atoms with van der Waals surface area (Å²) in [6.45, 7) is 1.74. The highest BCUT2D eigenvalue weighted by Crippen LogP contribution is 2.35. The Kier molecular flexibility index (Phi) is 7.20. The summed E-state index contributed by atoms with van der Waals surface area (Å²) in [5.74, 6) is -0.689. The number of halogens is 4. The highest BCUT2D eigenvalue weighted by Gasteiger charge is 2.41. The quantitative estimate of drug-likeness (QED) is 0.249. The van der Waals surface area contributed by atoms with E-state index in [0.29, 0.717) is 28.3 Å². The molecule has 0 radical (unpaired) electrons. The molecule has 6 nitrogen and oxygen atoms in total. The van der Waals surface area contributed by atoms with Gasteiger partial charge in [-0.1, -0.05) is 46.3 Å². The first-order valence-electron chi connectivity index (χ1n) is 10.5. The maximum absolute atomic E-state index is 13.9. The Balaban J connectivity index is 1.69. The molecule has 2 heterocycles. The summed E-state index contributed by atoms with van der Waals surface area (Å²) < 4.78 is 53.9. The van der Waals surface area contributed by atoms with Gasteiger partial charge >= 0.3 is 12.1 Å². The van der Waals surface area contributed by atoms with E-state index in [2.05, 4.69) is 26.0 Å². The van der Waals surface area contributed by atoms with Gasteiger partial charge in [-0.25, -0.2) is 14.5 Å². The van der Waals surface area contributed by atoms with E-state index >= 15 is 0 Å². The molecule has 4 rings (SSSR count). The number of alkyl halides is 3. The molecule has 0 bridgehead atoms. The van der Waals surface area contributed by atoms with Crippen LogP contribution < -0.4 is 4.74 Å². The maximum Gasteiger partial charge on any atom is 0.434 e. The number of ether oxygens (including phenoxy) is 2. The van der Waals surface area contributed by atoms with Crippen LogP contribution in [-0.2, 0) is 17.5 Å². The second kappa shape index (κ2) is 10.3. The van der Waals surface area contributed by atoms with Gasteiger partial charge in [0.25, 0.3) is 0 Å². The highest BCUT2D eigenvalue weighted by atomic mass is 79.9. The molecule has 0 amide bonds. The first kappa shape index (κ1) is 24.5. The number of hydrogen-bond acceptors (Lipinski definition) is 5. The number of benzene rings is 2. The molecule has 0 aliphatic rings. The Morgan fingerprint density at radius 3 is 2.49 bits per heavy atom. The summed E-state index contributed by atoms with van der Waals surface area (Å²) >= 11 is 3.39. The van der Waals surface area contributed by atoms with E-state index in [1.165, 1.54) is 13.0 Å². The van der Waals surface area contributed by atoms with E-state index in [1.807, 2.05) is 24.3 Å². The summed E-state index contributed by atoms with van der Waals surface area (Å²) in [4.78, 5) is 16.5. The molecule has 0 saturated heterocycles. The lowest BCUT2D eigenvalue weighted by Crippen LogP contribution is -2.19. The second-order valence-electron chi connectivity index (χ2n) is 7.33. The molecule has 35 heavy (non-hydrogen) atoms. The zero-order valence-corrected chi connectivity index (χ0v) is 20.0. The molecule has 10 heteroatoms. The molecule has 180 valence electrons. The molecule has 0 fully saturated rings. The standard InChI is InChI=1S/C25H19BrF3N3O3/c1-2-34-24(33)19-14-30-32(23(19)25(27,28)29)22-9-5-7-20(31-22)18-6-3-4-8-21(18)35-15-16-10-12-17(26)13-11-16/h3-14H,2,15H2,1H3. The first-order chi connectivity index (χ1) is 16.8. The Labute approximate surface area is 207 Å². The van der Waals surface area contributed by atoms with Crippen LogP contribution in [0.25, 0.3) is 17.1 Å². The third-order valence-corrected chi connectivity index (χ3v) is 5.48. The molecule has 2 aromatic carbocycles. The number of aromatic nitrogens is 3. The lowest BCUT2D eigenvalue weighted by molar-refractivity contribution is -0.143. The number of esters is 1. The predicted molar refractivity (Wildman–Crippen MR) is 126 cm³/mol. The minimum absolute atomic E-state index is 0.0634. The molecule has 2 aromatic heterocycles. The van der Waals surface area contributed by atoms with Crippen molar-refractivity contribution in [2.24, 2.45) is 0 Å². The van der Waals surface area contributed by atoms with Crippen LogP contribution in [0, 0.1) is 0 Å². The molecule has 0 spiro atoms. The van der Waals surface area contributed by atoms with Gasteiger partial charge < -0.3 is 9.47 Å². The Hall–Kier alpha value is -3.66. The van der Waals surface area contributed by atoms with Crippen LogP contribution in [0.15, 0.2) is 77.4 Å². The van der Waals surface area contributed by atoms with E-state index in [0.717, 1.165) is 16.2 Å². The fraction of sp³-hybridized carbons (Fsp3) is 0.160.